The zero-order valence-electron chi connectivity index (χ0n) is 7.33. The second kappa shape index (κ2) is 4.88. The van der Waals surface area contributed by atoms with Crippen molar-refractivity contribution in [1.29, 1.82) is 0 Å². The highest BCUT2D eigenvalue weighted by Crippen LogP contribution is 2.26. The van der Waals surface area contributed by atoms with E-state index in [4.69, 9.17) is 14.9 Å². The number of aliphatic hydroxyl groups excluding tert-OH is 4. The average molecular weight is 192 g/mol. The van der Waals surface area contributed by atoms with Crippen molar-refractivity contribution in [2.45, 2.75) is 31.3 Å². The predicted octanol–water partition coefficient (Wildman–Crippen LogP) is -1.55. The minimum Gasteiger partial charge on any atom is -0.396 e. The Morgan fingerprint density at radius 3 is 2.38 bits per heavy atom. The fourth-order valence-corrected chi connectivity index (χ4v) is 1.59. The summed E-state index contributed by atoms with van der Waals surface area (Å²) >= 11 is 0. The van der Waals surface area contributed by atoms with Gasteiger partial charge in [-0.1, -0.05) is 0 Å². The Morgan fingerprint density at radius 2 is 1.92 bits per heavy atom. The first-order valence-electron chi connectivity index (χ1n) is 4.42. The van der Waals surface area contributed by atoms with Crippen LogP contribution in [-0.2, 0) is 4.74 Å². The molecular formula is C8H16O5. The van der Waals surface area contributed by atoms with Crippen molar-refractivity contribution in [1.82, 2.24) is 0 Å². The molecule has 0 saturated carbocycles. The first-order valence-corrected chi connectivity index (χ1v) is 4.42. The van der Waals surface area contributed by atoms with Crippen LogP contribution >= 0.6 is 0 Å². The summed E-state index contributed by atoms with van der Waals surface area (Å²) in [7, 11) is 0. The Bertz CT molecular complexity index is 139. The van der Waals surface area contributed by atoms with Crippen molar-refractivity contribution in [3.05, 3.63) is 0 Å². The Labute approximate surface area is 76.6 Å². The summed E-state index contributed by atoms with van der Waals surface area (Å²) in [6.45, 7) is -0.300. The molecule has 1 rings (SSSR count). The van der Waals surface area contributed by atoms with Crippen LogP contribution in [0.25, 0.3) is 0 Å². The SMILES string of the molecule is OCCC1C(O)CC(CO)OC1O. The van der Waals surface area contributed by atoms with E-state index in [1.807, 2.05) is 0 Å². The van der Waals surface area contributed by atoms with E-state index in [1.165, 1.54) is 0 Å². The molecule has 0 aromatic rings. The molecular weight excluding hydrogens is 176 g/mol. The minimum atomic E-state index is -1.09. The van der Waals surface area contributed by atoms with Crippen LogP contribution in [-0.4, -0.2) is 52.1 Å². The van der Waals surface area contributed by atoms with Crippen molar-refractivity contribution < 1.29 is 25.2 Å². The fourth-order valence-electron chi connectivity index (χ4n) is 1.59. The standard InChI is InChI=1S/C8H16O5/c9-2-1-6-7(11)3-5(4-10)13-8(6)12/h5-12H,1-4H2. The van der Waals surface area contributed by atoms with Crippen LogP contribution < -0.4 is 0 Å². The second-order valence-electron chi connectivity index (χ2n) is 3.31. The van der Waals surface area contributed by atoms with Crippen molar-refractivity contribution in [3.8, 4) is 0 Å². The third-order valence-corrected chi connectivity index (χ3v) is 2.36. The lowest BCUT2D eigenvalue weighted by atomic mass is 9.91. The van der Waals surface area contributed by atoms with Crippen LogP contribution in [0.2, 0.25) is 0 Å². The molecule has 1 fully saturated rings. The van der Waals surface area contributed by atoms with Crippen LogP contribution in [0.5, 0.6) is 0 Å². The molecule has 0 amide bonds. The lowest BCUT2D eigenvalue weighted by Gasteiger charge is -2.36. The number of rotatable bonds is 3. The first kappa shape index (κ1) is 10.9. The van der Waals surface area contributed by atoms with Crippen molar-refractivity contribution in [2.75, 3.05) is 13.2 Å². The average Bonchev–Trinajstić information content (AvgIpc) is 2.11. The van der Waals surface area contributed by atoms with Gasteiger partial charge in [0.15, 0.2) is 6.29 Å². The van der Waals surface area contributed by atoms with Gasteiger partial charge in [-0.25, -0.2) is 0 Å². The van der Waals surface area contributed by atoms with Crippen LogP contribution in [0.4, 0.5) is 0 Å². The molecule has 1 saturated heterocycles. The van der Waals surface area contributed by atoms with Gasteiger partial charge in [0.25, 0.3) is 0 Å². The summed E-state index contributed by atoms with van der Waals surface area (Å²) in [6, 6.07) is 0. The molecule has 0 aromatic carbocycles. The van der Waals surface area contributed by atoms with Gasteiger partial charge in [-0.3, -0.25) is 0 Å². The zero-order chi connectivity index (χ0) is 9.84. The van der Waals surface area contributed by atoms with E-state index in [1.54, 1.807) is 0 Å². The zero-order valence-corrected chi connectivity index (χ0v) is 7.33. The Kier molecular flexibility index (Phi) is 4.08. The van der Waals surface area contributed by atoms with Gasteiger partial charge in [-0.15, -0.1) is 0 Å². The van der Waals surface area contributed by atoms with Gasteiger partial charge in [-0.05, 0) is 6.42 Å². The molecule has 1 aliphatic rings. The molecule has 5 nitrogen and oxygen atoms in total. The van der Waals surface area contributed by atoms with Crippen molar-refractivity contribution >= 4 is 0 Å². The van der Waals surface area contributed by atoms with Gasteiger partial charge in [0.1, 0.15) is 0 Å². The van der Waals surface area contributed by atoms with Crippen LogP contribution in [0.15, 0.2) is 0 Å². The summed E-state index contributed by atoms with van der Waals surface area (Å²) in [4.78, 5) is 0. The molecule has 13 heavy (non-hydrogen) atoms. The molecule has 4 atom stereocenters. The largest absolute Gasteiger partial charge is 0.396 e. The van der Waals surface area contributed by atoms with Crippen molar-refractivity contribution in [2.24, 2.45) is 5.92 Å². The van der Waals surface area contributed by atoms with E-state index < -0.39 is 24.4 Å². The first-order chi connectivity index (χ1) is 6.19. The Hall–Kier alpha value is -0.200. The topological polar surface area (TPSA) is 90.2 Å². The van der Waals surface area contributed by atoms with Gasteiger partial charge in [-0.2, -0.15) is 0 Å². The Morgan fingerprint density at radius 1 is 1.23 bits per heavy atom. The van der Waals surface area contributed by atoms with E-state index in [9.17, 15) is 10.2 Å². The maximum atomic E-state index is 9.51. The molecule has 0 aromatic heterocycles. The summed E-state index contributed by atoms with van der Waals surface area (Å²) in [5.41, 5.74) is 0. The van der Waals surface area contributed by atoms with Crippen LogP contribution in [0.1, 0.15) is 12.8 Å². The quantitative estimate of drug-likeness (QED) is 0.434. The summed E-state index contributed by atoms with van der Waals surface area (Å²) in [5, 5.41) is 36.3. The Balaban J connectivity index is 2.48. The highest BCUT2D eigenvalue weighted by Gasteiger charge is 2.35. The highest BCUT2D eigenvalue weighted by molar-refractivity contribution is 4.80. The fraction of sp³-hybridized carbons (Fsp3) is 1.00. The monoisotopic (exact) mass is 192 g/mol. The third-order valence-electron chi connectivity index (χ3n) is 2.36. The minimum absolute atomic E-state index is 0.0913. The normalized spacial score (nSPS) is 40.6. The summed E-state index contributed by atoms with van der Waals surface area (Å²) < 4.78 is 5.01. The molecule has 78 valence electrons. The van der Waals surface area contributed by atoms with Gasteiger partial charge < -0.3 is 25.2 Å². The predicted molar refractivity (Wildman–Crippen MR) is 43.8 cm³/mol. The smallest absolute Gasteiger partial charge is 0.160 e. The number of hydrogen-bond donors (Lipinski definition) is 4. The molecule has 0 aliphatic carbocycles. The van der Waals surface area contributed by atoms with Crippen LogP contribution in [0, 0.1) is 5.92 Å². The number of hydrogen-bond acceptors (Lipinski definition) is 5. The summed E-state index contributed by atoms with van der Waals surface area (Å²) in [6.07, 6.45) is -1.69. The second-order valence-corrected chi connectivity index (χ2v) is 3.31. The third kappa shape index (κ3) is 2.62. The highest BCUT2D eigenvalue weighted by atomic mass is 16.6. The molecule has 0 spiro atoms. The van der Waals surface area contributed by atoms with Crippen molar-refractivity contribution in [3.63, 3.8) is 0 Å². The maximum absolute atomic E-state index is 9.51. The van der Waals surface area contributed by atoms with E-state index in [-0.39, 0.29) is 13.2 Å². The lowest BCUT2D eigenvalue weighted by molar-refractivity contribution is -0.233. The van der Waals surface area contributed by atoms with E-state index >= 15 is 0 Å². The molecule has 1 aliphatic heterocycles. The molecule has 0 bridgehead atoms. The molecule has 0 radical (unpaired) electrons. The van der Waals surface area contributed by atoms with Gasteiger partial charge in [0, 0.05) is 18.9 Å². The molecule has 4 unspecified atom stereocenters. The molecule has 1 heterocycles. The van der Waals surface area contributed by atoms with Gasteiger partial charge >= 0.3 is 0 Å². The number of ether oxygens (including phenoxy) is 1. The van der Waals surface area contributed by atoms with E-state index in [0.717, 1.165) is 0 Å². The number of aliphatic hydroxyl groups is 4. The van der Waals surface area contributed by atoms with Gasteiger partial charge in [0.2, 0.25) is 0 Å². The maximum Gasteiger partial charge on any atom is 0.160 e. The molecule has 5 heteroatoms. The van der Waals surface area contributed by atoms with E-state index in [0.29, 0.717) is 12.8 Å². The molecule has 4 N–H and O–H groups in total. The lowest BCUT2D eigenvalue weighted by Crippen LogP contribution is -2.45. The van der Waals surface area contributed by atoms with E-state index in [2.05, 4.69) is 0 Å². The summed E-state index contributed by atoms with van der Waals surface area (Å²) in [5.74, 6) is -0.451. The van der Waals surface area contributed by atoms with Gasteiger partial charge in [0.05, 0.1) is 18.8 Å². The van der Waals surface area contributed by atoms with Crippen LogP contribution in [0.3, 0.4) is 0 Å².